The first-order chi connectivity index (χ1) is 5.97. The summed E-state index contributed by atoms with van der Waals surface area (Å²) >= 11 is 1.43. The Kier molecular flexibility index (Phi) is 2.23. The molecule has 0 fully saturated rings. The third kappa shape index (κ3) is 1.56. The van der Waals surface area contributed by atoms with E-state index in [0.29, 0.717) is 0 Å². The predicted molar refractivity (Wildman–Crippen MR) is 50.0 cm³/mol. The van der Waals surface area contributed by atoms with Crippen LogP contribution in [0.3, 0.4) is 0 Å². The van der Waals surface area contributed by atoms with E-state index in [2.05, 4.69) is 21.8 Å². The van der Waals surface area contributed by atoms with E-state index in [0.717, 1.165) is 6.42 Å². The van der Waals surface area contributed by atoms with Gasteiger partial charge in [0.25, 0.3) is 0 Å². The van der Waals surface area contributed by atoms with Crippen LogP contribution in [0, 0.1) is 0 Å². The Morgan fingerprint density at radius 3 is 3.17 bits per heavy atom. The first kappa shape index (κ1) is 7.55. The minimum Gasteiger partial charge on any atom is -0.152 e. The Balaban J connectivity index is 2.40. The van der Waals surface area contributed by atoms with Gasteiger partial charge in [-0.3, -0.25) is 0 Å². The molecule has 1 aromatic carbocycles. The maximum absolute atomic E-state index is 3.93. The molecule has 0 radical (unpaired) electrons. The van der Waals surface area contributed by atoms with Gasteiger partial charge < -0.3 is 0 Å². The topological polar surface area (TPSA) is 24.7 Å². The van der Waals surface area contributed by atoms with Gasteiger partial charge in [0.1, 0.15) is 0 Å². The van der Waals surface area contributed by atoms with E-state index >= 15 is 0 Å². The number of benzene rings is 1. The van der Waals surface area contributed by atoms with Crippen LogP contribution < -0.4 is 0 Å². The van der Waals surface area contributed by atoms with Gasteiger partial charge in [-0.25, -0.2) is 0 Å². The van der Waals surface area contributed by atoms with Gasteiger partial charge in [0.05, 0.1) is 0 Å². The quantitative estimate of drug-likeness (QED) is 0.557. The Morgan fingerprint density at radius 2 is 2.17 bits per heavy atom. The van der Waals surface area contributed by atoms with Gasteiger partial charge in [0.2, 0.25) is 0 Å². The Morgan fingerprint density at radius 1 is 1.25 bits per heavy atom. The summed E-state index contributed by atoms with van der Waals surface area (Å²) < 4.78 is 3.93. The van der Waals surface area contributed by atoms with Crippen LogP contribution >= 0.6 is 11.9 Å². The normalized spacial score (nSPS) is 20.3. The molecule has 1 heterocycles. The molecule has 0 spiro atoms. The Labute approximate surface area is 75.5 Å². The van der Waals surface area contributed by atoms with Crippen LogP contribution in [0.25, 0.3) is 0 Å². The minimum absolute atomic E-state index is 0.947. The van der Waals surface area contributed by atoms with E-state index in [4.69, 9.17) is 0 Å². The third-order valence-corrected chi connectivity index (χ3v) is 2.44. The van der Waals surface area contributed by atoms with Gasteiger partial charge in [-0.15, -0.1) is 4.52 Å². The number of nitrogens with zero attached hydrogens (tertiary/aromatic N) is 2. The van der Waals surface area contributed by atoms with Crippen LogP contribution in [-0.4, -0.2) is 0 Å². The number of rotatable bonds is 0. The molecule has 12 heavy (non-hydrogen) atoms. The average Bonchev–Trinajstić information content (AvgIpc) is 2.06. The second kappa shape index (κ2) is 3.54. The third-order valence-electron chi connectivity index (χ3n) is 1.67. The van der Waals surface area contributed by atoms with E-state index in [1.807, 2.05) is 18.2 Å². The number of allylic oxidation sites excluding steroid dienone is 1. The fraction of sp³-hybridized carbons (Fsp3) is 0.111. The second-order valence-corrected chi connectivity index (χ2v) is 3.27. The molecular formula is C9H8N2S. The van der Waals surface area contributed by atoms with Gasteiger partial charge in [-0.05, 0) is 18.1 Å². The molecule has 0 atom stereocenters. The highest BCUT2D eigenvalue weighted by atomic mass is 32.2. The van der Waals surface area contributed by atoms with Gasteiger partial charge in [-0.2, -0.15) is 5.11 Å². The predicted octanol–water partition coefficient (Wildman–Crippen LogP) is 3.22. The smallest absolute Gasteiger partial charge is 0.0465 e. The molecule has 2 nitrogen and oxygen atoms in total. The monoisotopic (exact) mass is 176 g/mol. The second-order valence-electron chi connectivity index (χ2n) is 2.49. The van der Waals surface area contributed by atoms with E-state index in [1.165, 1.54) is 22.4 Å². The highest BCUT2D eigenvalue weighted by molar-refractivity contribution is 7.98. The van der Waals surface area contributed by atoms with Gasteiger partial charge >= 0.3 is 0 Å². The number of hydrogen-bond donors (Lipinski definition) is 0. The average molecular weight is 176 g/mol. The van der Waals surface area contributed by atoms with Crippen molar-refractivity contribution in [1.82, 2.24) is 0 Å². The van der Waals surface area contributed by atoms with Crippen LogP contribution in [0.15, 0.2) is 51.1 Å². The maximum Gasteiger partial charge on any atom is 0.0465 e. The summed E-state index contributed by atoms with van der Waals surface area (Å²) in [6.45, 7) is 0. The molecule has 1 aliphatic heterocycles. The van der Waals surface area contributed by atoms with Crippen molar-refractivity contribution in [3.8, 4) is 0 Å². The molecule has 1 aliphatic rings. The SMILES string of the molecule is C1=C\N=N/Sc2ccccc2C/1. The lowest BCUT2D eigenvalue weighted by atomic mass is 10.1. The van der Waals surface area contributed by atoms with Crippen LogP contribution in [0.2, 0.25) is 0 Å². The molecule has 60 valence electrons. The zero-order valence-electron chi connectivity index (χ0n) is 6.47. The zero-order chi connectivity index (χ0) is 8.23. The van der Waals surface area contributed by atoms with E-state index < -0.39 is 0 Å². The van der Waals surface area contributed by atoms with Crippen LogP contribution in [0.5, 0.6) is 0 Å². The fourth-order valence-electron chi connectivity index (χ4n) is 1.08. The number of hydrogen-bond acceptors (Lipinski definition) is 3. The number of fused-ring (bicyclic) bond motifs is 1. The van der Waals surface area contributed by atoms with Gasteiger partial charge in [0, 0.05) is 23.0 Å². The highest BCUT2D eigenvalue weighted by Crippen LogP contribution is 2.25. The van der Waals surface area contributed by atoms with E-state index in [9.17, 15) is 0 Å². The molecule has 1 aromatic rings. The van der Waals surface area contributed by atoms with E-state index in [1.54, 1.807) is 6.20 Å². The maximum atomic E-state index is 3.93. The molecule has 3 heteroatoms. The standard InChI is InChI=1S/C9H8N2S/c1-2-6-9-8(4-1)5-3-7-10-11-12-9/h1-4,6-7H,5H2/b7-3-,11-10-. The molecule has 0 amide bonds. The van der Waals surface area contributed by atoms with Crippen molar-refractivity contribution in [2.75, 3.05) is 0 Å². The fourth-order valence-corrected chi connectivity index (χ4v) is 1.68. The Hall–Kier alpha value is -1.09. The molecule has 0 saturated heterocycles. The van der Waals surface area contributed by atoms with Crippen molar-refractivity contribution in [2.45, 2.75) is 11.3 Å². The zero-order valence-corrected chi connectivity index (χ0v) is 7.29. The molecule has 0 aromatic heterocycles. The van der Waals surface area contributed by atoms with E-state index in [-0.39, 0.29) is 0 Å². The summed E-state index contributed by atoms with van der Waals surface area (Å²) in [5.41, 5.74) is 1.32. The van der Waals surface area contributed by atoms with Crippen molar-refractivity contribution >= 4 is 11.9 Å². The summed E-state index contributed by atoms with van der Waals surface area (Å²) in [5, 5.41) is 3.84. The highest BCUT2D eigenvalue weighted by Gasteiger charge is 2.00. The van der Waals surface area contributed by atoms with Crippen molar-refractivity contribution in [1.29, 1.82) is 0 Å². The van der Waals surface area contributed by atoms with Crippen LogP contribution in [-0.2, 0) is 6.42 Å². The minimum atomic E-state index is 0.947. The summed E-state index contributed by atoms with van der Waals surface area (Å²) in [4.78, 5) is 1.20. The van der Waals surface area contributed by atoms with Crippen LogP contribution in [0.4, 0.5) is 0 Å². The van der Waals surface area contributed by atoms with Crippen molar-refractivity contribution < 1.29 is 0 Å². The van der Waals surface area contributed by atoms with Gasteiger partial charge in [-0.1, -0.05) is 24.3 Å². The lowest BCUT2D eigenvalue weighted by Gasteiger charge is -2.03. The summed E-state index contributed by atoms with van der Waals surface area (Å²) in [6.07, 6.45) is 4.70. The van der Waals surface area contributed by atoms with Crippen molar-refractivity contribution in [2.24, 2.45) is 9.63 Å². The molecule has 0 N–H and O–H groups in total. The Bertz CT molecular complexity index is 298. The molecular weight excluding hydrogens is 168 g/mol. The lowest BCUT2D eigenvalue weighted by Crippen LogP contribution is -1.84. The van der Waals surface area contributed by atoms with Gasteiger partial charge in [0.15, 0.2) is 0 Å². The molecule has 2 rings (SSSR count). The lowest BCUT2D eigenvalue weighted by molar-refractivity contribution is 1.14. The summed E-state index contributed by atoms with van der Waals surface area (Å²) in [5.74, 6) is 0. The molecule has 0 saturated carbocycles. The van der Waals surface area contributed by atoms with Crippen molar-refractivity contribution in [3.63, 3.8) is 0 Å². The molecule has 0 unspecified atom stereocenters. The van der Waals surface area contributed by atoms with Crippen LogP contribution in [0.1, 0.15) is 5.56 Å². The van der Waals surface area contributed by atoms with Crippen molar-refractivity contribution in [3.05, 3.63) is 42.1 Å². The first-order valence-electron chi connectivity index (χ1n) is 3.77. The first-order valence-corrected chi connectivity index (χ1v) is 4.54. The molecule has 0 bridgehead atoms. The molecule has 0 aliphatic carbocycles. The largest absolute Gasteiger partial charge is 0.152 e. The summed E-state index contributed by atoms with van der Waals surface area (Å²) in [6, 6.07) is 8.25. The summed E-state index contributed by atoms with van der Waals surface area (Å²) in [7, 11) is 0.